The SMILES string of the molecule is CC(=O)N1CCCC(COc2ccc(C(=O)N3CC[CH]CC3)cc2)C1. The van der Waals surface area contributed by atoms with Gasteiger partial charge >= 0.3 is 0 Å². The Hall–Kier alpha value is -2.04. The molecule has 0 bridgehead atoms. The van der Waals surface area contributed by atoms with Gasteiger partial charge in [0.2, 0.25) is 5.91 Å². The average Bonchev–Trinajstić information content (AvgIpc) is 2.67. The zero-order valence-electron chi connectivity index (χ0n) is 14.9. The molecular weight excluding hydrogens is 316 g/mol. The van der Waals surface area contributed by atoms with Crippen molar-refractivity contribution >= 4 is 11.8 Å². The number of piperidine rings is 2. The van der Waals surface area contributed by atoms with E-state index < -0.39 is 0 Å². The molecule has 25 heavy (non-hydrogen) atoms. The van der Waals surface area contributed by atoms with Crippen molar-refractivity contribution < 1.29 is 14.3 Å². The predicted molar refractivity (Wildman–Crippen MR) is 96.4 cm³/mol. The third-order valence-electron chi connectivity index (χ3n) is 5.04. The molecule has 1 radical (unpaired) electrons. The maximum absolute atomic E-state index is 12.4. The Morgan fingerprint density at radius 1 is 1.08 bits per heavy atom. The van der Waals surface area contributed by atoms with Crippen LogP contribution in [-0.4, -0.2) is 54.4 Å². The van der Waals surface area contributed by atoms with Crippen LogP contribution in [0.2, 0.25) is 0 Å². The molecule has 2 aliphatic heterocycles. The summed E-state index contributed by atoms with van der Waals surface area (Å²) in [5.74, 6) is 1.40. The van der Waals surface area contributed by atoms with E-state index in [9.17, 15) is 9.59 Å². The molecule has 0 saturated carbocycles. The number of hydrogen-bond donors (Lipinski definition) is 0. The van der Waals surface area contributed by atoms with E-state index in [1.807, 2.05) is 34.1 Å². The lowest BCUT2D eigenvalue weighted by Gasteiger charge is -2.31. The Labute approximate surface area is 149 Å². The average molecular weight is 343 g/mol. The molecule has 0 aliphatic carbocycles. The molecule has 2 fully saturated rings. The number of rotatable bonds is 4. The van der Waals surface area contributed by atoms with Crippen LogP contribution in [0.25, 0.3) is 0 Å². The molecule has 2 saturated heterocycles. The topological polar surface area (TPSA) is 49.9 Å². The lowest BCUT2D eigenvalue weighted by molar-refractivity contribution is -0.130. The first-order valence-corrected chi connectivity index (χ1v) is 9.23. The Bertz CT molecular complexity index is 593. The Morgan fingerprint density at radius 3 is 2.48 bits per heavy atom. The van der Waals surface area contributed by atoms with Gasteiger partial charge in [0.15, 0.2) is 0 Å². The van der Waals surface area contributed by atoms with E-state index in [2.05, 4.69) is 6.42 Å². The summed E-state index contributed by atoms with van der Waals surface area (Å²) in [5, 5.41) is 0. The minimum absolute atomic E-state index is 0.101. The number of amides is 2. The van der Waals surface area contributed by atoms with Gasteiger partial charge in [-0.15, -0.1) is 0 Å². The first-order chi connectivity index (χ1) is 12.1. The summed E-state index contributed by atoms with van der Waals surface area (Å²) in [6, 6.07) is 7.43. The van der Waals surface area contributed by atoms with Gasteiger partial charge in [0.05, 0.1) is 6.61 Å². The number of ether oxygens (including phenoxy) is 1. The van der Waals surface area contributed by atoms with Crippen molar-refractivity contribution in [1.82, 2.24) is 9.80 Å². The Morgan fingerprint density at radius 2 is 1.80 bits per heavy atom. The van der Waals surface area contributed by atoms with Crippen LogP contribution in [0.5, 0.6) is 5.75 Å². The predicted octanol–water partition coefficient (Wildman–Crippen LogP) is 2.76. The number of carbonyl (C=O) groups is 2. The zero-order chi connectivity index (χ0) is 17.6. The lowest BCUT2D eigenvalue weighted by Crippen LogP contribution is -2.40. The summed E-state index contributed by atoms with van der Waals surface area (Å²) >= 11 is 0. The molecular formula is C20H27N2O3. The van der Waals surface area contributed by atoms with Gasteiger partial charge < -0.3 is 14.5 Å². The monoisotopic (exact) mass is 343 g/mol. The maximum atomic E-state index is 12.4. The van der Waals surface area contributed by atoms with Gasteiger partial charge in [-0.25, -0.2) is 0 Å². The van der Waals surface area contributed by atoms with Gasteiger partial charge in [-0.3, -0.25) is 9.59 Å². The van der Waals surface area contributed by atoms with Crippen LogP contribution < -0.4 is 4.74 Å². The third kappa shape index (κ3) is 4.74. The van der Waals surface area contributed by atoms with Crippen LogP contribution in [0.3, 0.4) is 0 Å². The van der Waals surface area contributed by atoms with Gasteiger partial charge in [0.25, 0.3) is 5.91 Å². The molecule has 2 amide bonds. The fourth-order valence-corrected chi connectivity index (χ4v) is 3.53. The van der Waals surface area contributed by atoms with Crippen molar-refractivity contribution in [1.29, 1.82) is 0 Å². The van der Waals surface area contributed by atoms with Crippen LogP contribution in [0.4, 0.5) is 0 Å². The number of nitrogens with zero attached hydrogens (tertiary/aromatic N) is 2. The van der Waals surface area contributed by atoms with Crippen LogP contribution >= 0.6 is 0 Å². The van der Waals surface area contributed by atoms with Crippen molar-refractivity contribution in [2.45, 2.75) is 32.6 Å². The van der Waals surface area contributed by atoms with E-state index in [4.69, 9.17) is 4.74 Å². The summed E-state index contributed by atoms with van der Waals surface area (Å²) in [5.41, 5.74) is 0.717. The maximum Gasteiger partial charge on any atom is 0.253 e. The molecule has 1 atom stereocenters. The smallest absolute Gasteiger partial charge is 0.253 e. The summed E-state index contributed by atoms with van der Waals surface area (Å²) in [7, 11) is 0. The van der Waals surface area contributed by atoms with Gasteiger partial charge in [-0.1, -0.05) is 0 Å². The van der Waals surface area contributed by atoms with Crippen LogP contribution in [0.1, 0.15) is 43.0 Å². The van der Waals surface area contributed by atoms with Crippen molar-refractivity contribution in [3.8, 4) is 5.75 Å². The van der Waals surface area contributed by atoms with Gasteiger partial charge in [-0.05, 0) is 56.4 Å². The van der Waals surface area contributed by atoms with Crippen LogP contribution in [0.15, 0.2) is 24.3 Å². The Kier molecular flexibility index (Phi) is 5.95. The summed E-state index contributed by atoms with van der Waals surface area (Å²) < 4.78 is 5.89. The van der Waals surface area contributed by atoms with E-state index in [0.29, 0.717) is 12.5 Å². The summed E-state index contributed by atoms with van der Waals surface area (Å²) in [4.78, 5) is 27.8. The molecule has 2 heterocycles. The van der Waals surface area contributed by atoms with Gasteiger partial charge in [-0.2, -0.15) is 0 Å². The summed E-state index contributed by atoms with van der Waals surface area (Å²) in [6.07, 6.45) is 6.32. The fraction of sp³-hybridized carbons (Fsp3) is 0.550. The molecule has 1 unspecified atom stereocenters. The highest BCUT2D eigenvalue weighted by Gasteiger charge is 2.22. The van der Waals surface area contributed by atoms with Crippen LogP contribution in [-0.2, 0) is 4.79 Å². The summed E-state index contributed by atoms with van der Waals surface area (Å²) in [6.45, 7) is 5.49. The quantitative estimate of drug-likeness (QED) is 0.845. The molecule has 0 spiro atoms. The number of hydrogen-bond acceptors (Lipinski definition) is 3. The molecule has 2 aliphatic rings. The number of carbonyl (C=O) groups excluding carboxylic acids is 2. The lowest BCUT2D eigenvalue weighted by atomic mass is 9.99. The van der Waals surface area contributed by atoms with E-state index in [1.54, 1.807) is 6.92 Å². The van der Waals surface area contributed by atoms with Crippen molar-refractivity contribution in [3.63, 3.8) is 0 Å². The molecule has 135 valence electrons. The second-order valence-corrected chi connectivity index (χ2v) is 6.97. The number of benzene rings is 1. The molecule has 0 aromatic heterocycles. The van der Waals surface area contributed by atoms with E-state index in [-0.39, 0.29) is 11.8 Å². The minimum Gasteiger partial charge on any atom is -0.493 e. The first-order valence-electron chi connectivity index (χ1n) is 9.23. The second-order valence-electron chi connectivity index (χ2n) is 6.97. The second kappa shape index (κ2) is 8.37. The zero-order valence-corrected chi connectivity index (χ0v) is 14.9. The third-order valence-corrected chi connectivity index (χ3v) is 5.04. The highest BCUT2D eigenvalue weighted by atomic mass is 16.5. The molecule has 1 aromatic rings. The van der Waals surface area contributed by atoms with Crippen molar-refractivity contribution in [2.24, 2.45) is 5.92 Å². The van der Waals surface area contributed by atoms with E-state index in [1.165, 1.54) is 0 Å². The molecule has 0 N–H and O–H groups in total. The minimum atomic E-state index is 0.101. The normalized spacial score (nSPS) is 21.1. The van der Waals surface area contributed by atoms with E-state index in [0.717, 1.165) is 63.2 Å². The largest absolute Gasteiger partial charge is 0.493 e. The first kappa shape index (κ1) is 17.8. The van der Waals surface area contributed by atoms with E-state index >= 15 is 0 Å². The van der Waals surface area contributed by atoms with Gasteiger partial charge in [0, 0.05) is 44.6 Å². The Balaban J connectivity index is 1.50. The fourth-order valence-electron chi connectivity index (χ4n) is 3.53. The number of likely N-dealkylation sites (tertiary alicyclic amines) is 2. The standard InChI is InChI=1S/C20H27N2O3/c1-16(23)22-13-5-6-17(14-22)15-25-19-9-7-18(8-10-19)20(24)21-11-3-2-4-12-21/h2,7-10,17H,3-6,11-15H2,1H3. The molecule has 5 nitrogen and oxygen atoms in total. The molecule has 5 heteroatoms. The highest BCUT2D eigenvalue weighted by molar-refractivity contribution is 5.94. The van der Waals surface area contributed by atoms with Gasteiger partial charge in [0.1, 0.15) is 5.75 Å². The van der Waals surface area contributed by atoms with Crippen molar-refractivity contribution in [2.75, 3.05) is 32.8 Å². The molecule has 1 aromatic carbocycles. The van der Waals surface area contributed by atoms with Crippen molar-refractivity contribution in [3.05, 3.63) is 36.2 Å². The van der Waals surface area contributed by atoms with Crippen LogP contribution in [0, 0.1) is 12.3 Å². The molecule has 3 rings (SSSR count). The highest BCUT2D eigenvalue weighted by Crippen LogP contribution is 2.20.